The van der Waals surface area contributed by atoms with E-state index in [1.165, 1.54) is 6.92 Å². The maximum Gasteiger partial charge on any atom is 0.306 e. The highest BCUT2D eigenvalue weighted by Crippen LogP contribution is 2.09. The fraction of sp³-hybridized carbons (Fsp3) is 0.583. The van der Waals surface area contributed by atoms with E-state index in [1.807, 2.05) is 0 Å². The monoisotopic (exact) mass is 314 g/mol. The van der Waals surface area contributed by atoms with Gasteiger partial charge in [0, 0.05) is 13.3 Å². The van der Waals surface area contributed by atoms with Gasteiger partial charge >= 0.3 is 5.97 Å². The SMILES string of the molecule is CC(=O)Nn1c(S)nnc(CCC(=O)OC(C)(C)C)c1=O. The summed E-state index contributed by atoms with van der Waals surface area (Å²) in [7, 11) is 0. The number of aromatic nitrogens is 3. The van der Waals surface area contributed by atoms with Gasteiger partial charge in [-0.1, -0.05) is 0 Å². The average molecular weight is 314 g/mol. The molecular weight excluding hydrogens is 296 g/mol. The third kappa shape index (κ3) is 5.54. The number of nitrogens with zero attached hydrogens (tertiary/aromatic N) is 3. The first-order chi connectivity index (χ1) is 9.60. The molecule has 1 rings (SSSR count). The van der Waals surface area contributed by atoms with E-state index in [2.05, 4.69) is 28.3 Å². The van der Waals surface area contributed by atoms with Crippen molar-refractivity contribution in [2.45, 2.75) is 51.3 Å². The molecule has 1 aromatic rings. The van der Waals surface area contributed by atoms with Crippen molar-refractivity contribution >= 4 is 24.5 Å². The second-order valence-corrected chi connectivity index (χ2v) is 5.74. The first kappa shape index (κ1) is 17.2. The van der Waals surface area contributed by atoms with E-state index >= 15 is 0 Å². The van der Waals surface area contributed by atoms with Crippen molar-refractivity contribution in [2.24, 2.45) is 0 Å². The molecule has 0 fully saturated rings. The smallest absolute Gasteiger partial charge is 0.306 e. The molecule has 0 unspecified atom stereocenters. The van der Waals surface area contributed by atoms with E-state index in [0.29, 0.717) is 0 Å². The highest BCUT2D eigenvalue weighted by molar-refractivity contribution is 7.80. The van der Waals surface area contributed by atoms with Crippen LogP contribution in [0.1, 0.15) is 39.8 Å². The molecule has 9 heteroatoms. The predicted molar refractivity (Wildman–Crippen MR) is 77.8 cm³/mol. The maximum atomic E-state index is 12.1. The normalized spacial score (nSPS) is 11.1. The number of ether oxygens (including phenoxy) is 1. The molecule has 0 spiro atoms. The molecule has 0 saturated carbocycles. The molecule has 0 aliphatic carbocycles. The van der Waals surface area contributed by atoms with Crippen LogP contribution in [0.3, 0.4) is 0 Å². The Kier molecular flexibility index (Phi) is 5.47. The van der Waals surface area contributed by atoms with Crippen molar-refractivity contribution in [1.29, 1.82) is 0 Å². The highest BCUT2D eigenvalue weighted by atomic mass is 32.1. The lowest BCUT2D eigenvalue weighted by molar-refractivity contribution is -0.154. The molecule has 0 aliphatic heterocycles. The Morgan fingerprint density at radius 2 is 1.95 bits per heavy atom. The summed E-state index contributed by atoms with van der Waals surface area (Å²) in [5, 5.41) is 7.31. The van der Waals surface area contributed by atoms with Crippen LogP contribution in [0.15, 0.2) is 9.95 Å². The van der Waals surface area contributed by atoms with Crippen molar-refractivity contribution in [1.82, 2.24) is 14.9 Å². The molecule has 21 heavy (non-hydrogen) atoms. The van der Waals surface area contributed by atoms with Crippen LogP contribution in [0.5, 0.6) is 0 Å². The molecule has 1 N–H and O–H groups in total. The first-order valence-corrected chi connectivity index (χ1v) is 6.72. The van der Waals surface area contributed by atoms with Gasteiger partial charge in [0.1, 0.15) is 11.3 Å². The number of rotatable bonds is 4. The van der Waals surface area contributed by atoms with Gasteiger partial charge in [0.15, 0.2) is 0 Å². The molecule has 1 aromatic heterocycles. The van der Waals surface area contributed by atoms with Crippen LogP contribution < -0.4 is 11.0 Å². The van der Waals surface area contributed by atoms with Crippen molar-refractivity contribution in [3.63, 3.8) is 0 Å². The molecule has 0 radical (unpaired) electrons. The van der Waals surface area contributed by atoms with Crippen LogP contribution in [-0.4, -0.2) is 32.4 Å². The van der Waals surface area contributed by atoms with Crippen molar-refractivity contribution in [3.05, 3.63) is 16.0 Å². The number of nitrogens with one attached hydrogen (secondary N) is 1. The van der Waals surface area contributed by atoms with Gasteiger partial charge in [-0.25, -0.2) is 0 Å². The minimum atomic E-state index is -0.589. The van der Waals surface area contributed by atoms with Crippen molar-refractivity contribution < 1.29 is 14.3 Å². The number of carbonyl (C=O) groups is 2. The van der Waals surface area contributed by atoms with E-state index in [0.717, 1.165) is 4.68 Å². The molecule has 1 amide bonds. The minimum Gasteiger partial charge on any atom is -0.460 e. The number of thiol groups is 1. The van der Waals surface area contributed by atoms with E-state index < -0.39 is 23.0 Å². The minimum absolute atomic E-state index is 0.00677. The van der Waals surface area contributed by atoms with Gasteiger partial charge in [0.05, 0.1) is 6.42 Å². The van der Waals surface area contributed by atoms with Crippen LogP contribution >= 0.6 is 12.6 Å². The summed E-state index contributed by atoms with van der Waals surface area (Å²) in [5.74, 6) is -0.886. The van der Waals surface area contributed by atoms with E-state index in [1.54, 1.807) is 20.8 Å². The maximum absolute atomic E-state index is 12.1. The Balaban J connectivity index is 2.84. The van der Waals surface area contributed by atoms with Gasteiger partial charge in [-0.3, -0.25) is 19.8 Å². The highest BCUT2D eigenvalue weighted by Gasteiger charge is 2.18. The lowest BCUT2D eigenvalue weighted by Crippen LogP contribution is -2.36. The number of hydrogen-bond donors (Lipinski definition) is 2. The second-order valence-electron chi connectivity index (χ2n) is 5.34. The van der Waals surface area contributed by atoms with Gasteiger partial charge in [0.2, 0.25) is 11.1 Å². The lowest BCUT2D eigenvalue weighted by atomic mass is 10.2. The van der Waals surface area contributed by atoms with Gasteiger partial charge in [0.25, 0.3) is 5.56 Å². The van der Waals surface area contributed by atoms with E-state index in [-0.39, 0.29) is 23.7 Å². The van der Waals surface area contributed by atoms with Crippen molar-refractivity contribution in [3.8, 4) is 0 Å². The summed E-state index contributed by atoms with van der Waals surface area (Å²) in [6.07, 6.45) is 0.0571. The second kappa shape index (κ2) is 6.70. The molecule has 0 atom stereocenters. The number of aryl methyl sites for hydroxylation is 1. The molecule has 0 saturated heterocycles. The van der Waals surface area contributed by atoms with Crippen LogP contribution in [0, 0.1) is 0 Å². The zero-order chi connectivity index (χ0) is 16.2. The molecule has 8 nitrogen and oxygen atoms in total. The molecular formula is C12H18N4O4S. The number of esters is 1. The van der Waals surface area contributed by atoms with Gasteiger partial charge in [-0.05, 0) is 20.8 Å². The number of carbonyl (C=O) groups excluding carboxylic acids is 2. The van der Waals surface area contributed by atoms with Crippen molar-refractivity contribution in [2.75, 3.05) is 5.43 Å². The summed E-state index contributed by atoms with van der Waals surface area (Å²) >= 11 is 3.94. The van der Waals surface area contributed by atoms with Crippen LogP contribution in [-0.2, 0) is 20.7 Å². The summed E-state index contributed by atoms with van der Waals surface area (Å²) in [4.78, 5) is 34.7. The zero-order valence-electron chi connectivity index (χ0n) is 12.3. The lowest BCUT2D eigenvalue weighted by Gasteiger charge is -2.19. The third-order valence-corrected chi connectivity index (χ3v) is 2.45. The Bertz CT molecular complexity index is 606. The zero-order valence-corrected chi connectivity index (χ0v) is 13.2. The fourth-order valence-corrected chi connectivity index (χ4v) is 1.63. The Morgan fingerprint density at radius 1 is 1.33 bits per heavy atom. The largest absolute Gasteiger partial charge is 0.460 e. The van der Waals surface area contributed by atoms with Crippen LogP contribution in [0.2, 0.25) is 0 Å². The van der Waals surface area contributed by atoms with Crippen LogP contribution in [0.4, 0.5) is 0 Å². The summed E-state index contributed by atoms with van der Waals surface area (Å²) < 4.78 is 6.01. The Hall–Kier alpha value is -1.90. The Morgan fingerprint density at radius 3 is 2.48 bits per heavy atom. The molecule has 0 bridgehead atoms. The molecule has 0 aliphatic rings. The van der Waals surface area contributed by atoms with Gasteiger partial charge in [-0.15, -0.1) is 22.8 Å². The van der Waals surface area contributed by atoms with E-state index in [4.69, 9.17) is 4.74 Å². The standard InChI is InChI=1S/C12H18N4O4S/c1-7(17)15-16-10(19)8(13-14-11(16)21)5-6-9(18)20-12(2,3)4/h5-6H2,1-4H3,(H,14,21)(H,15,17). The fourth-order valence-electron chi connectivity index (χ4n) is 1.44. The number of hydrogen-bond acceptors (Lipinski definition) is 7. The molecule has 116 valence electrons. The summed E-state index contributed by atoms with van der Waals surface area (Å²) in [6.45, 7) is 6.51. The summed E-state index contributed by atoms with van der Waals surface area (Å²) in [6, 6.07) is 0. The first-order valence-electron chi connectivity index (χ1n) is 6.27. The molecule has 0 aromatic carbocycles. The molecule has 1 heterocycles. The average Bonchev–Trinajstić information content (AvgIpc) is 2.31. The van der Waals surface area contributed by atoms with Gasteiger partial charge in [-0.2, -0.15) is 4.68 Å². The van der Waals surface area contributed by atoms with E-state index in [9.17, 15) is 14.4 Å². The van der Waals surface area contributed by atoms with Crippen LogP contribution in [0.25, 0.3) is 0 Å². The van der Waals surface area contributed by atoms with Gasteiger partial charge < -0.3 is 4.74 Å². The topological polar surface area (TPSA) is 103 Å². The quantitative estimate of drug-likeness (QED) is 0.611. The Labute approximate surface area is 127 Å². The third-order valence-electron chi connectivity index (χ3n) is 2.17. The summed E-state index contributed by atoms with van der Waals surface area (Å²) in [5.41, 5.74) is 1.16. The number of amides is 1. The predicted octanol–water partition coefficient (Wildman–Crippen LogP) is 0.291.